The Morgan fingerprint density at radius 1 is 1.24 bits per heavy atom. The van der Waals surface area contributed by atoms with Gasteiger partial charge < -0.3 is 15.1 Å². The molecule has 0 radical (unpaired) electrons. The molecule has 136 valence electrons. The molecule has 1 saturated heterocycles. The molecule has 1 N–H and O–H groups in total. The van der Waals surface area contributed by atoms with Crippen molar-refractivity contribution < 1.29 is 9.59 Å². The van der Waals surface area contributed by atoms with Crippen molar-refractivity contribution in [2.24, 2.45) is 5.92 Å². The smallest absolute Gasteiger partial charge is 0.320 e. The minimum Gasteiger partial charge on any atom is -0.352 e. The standard InChI is InChI=1S/C19H26ClN3O2/c1-14-5-2-3-8-17(14)21-18(24)13-23-10-9-22(19(23)25)12-15-6-4-7-16(20)11-15/h4,6-7,11,14,17H,2-3,5,8-10,12-13H2,1H3,(H,21,24). The molecule has 2 unspecified atom stereocenters. The monoisotopic (exact) mass is 363 g/mol. The Morgan fingerprint density at radius 3 is 2.76 bits per heavy atom. The predicted octanol–water partition coefficient (Wildman–Crippen LogP) is 3.27. The second-order valence-electron chi connectivity index (χ2n) is 7.19. The highest BCUT2D eigenvalue weighted by molar-refractivity contribution is 6.30. The van der Waals surface area contributed by atoms with E-state index in [2.05, 4.69) is 12.2 Å². The molecule has 5 nitrogen and oxygen atoms in total. The van der Waals surface area contributed by atoms with Crippen LogP contribution in [-0.2, 0) is 11.3 Å². The largest absolute Gasteiger partial charge is 0.352 e. The van der Waals surface area contributed by atoms with Gasteiger partial charge in [-0.3, -0.25) is 4.79 Å². The molecule has 0 aromatic heterocycles. The summed E-state index contributed by atoms with van der Waals surface area (Å²) >= 11 is 6.00. The van der Waals surface area contributed by atoms with Gasteiger partial charge in [0.2, 0.25) is 5.91 Å². The number of hydrogen-bond acceptors (Lipinski definition) is 2. The predicted molar refractivity (Wildman–Crippen MR) is 98.4 cm³/mol. The van der Waals surface area contributed by atoms with E-state index in [1.165, 1.54) is 19.3 Å². The minimum atomic E-state index is -0.0770. The molecular formula is C19H26ClN3O2. The zero-order valence-electron chi connectivity index (χ0n) is 14.7. The molecule has 0 bridgehead atoms. The SMILES string of the molecule is CC1CCCCC1NC(=O)CN1CCN(Cc2cccc(Cl)c2)C1=O. The van der Waals surface area contributed by atoms with Gasteiger partial charge in [0, 0.05) is 30.7 Å². The summed E-state index contributed by atoms with van der Waals surface area (Å²) in [4.78, 5) is 28.3. The summed E-state index contributed by atoms with van der Waals surface area (Å²) in [6, 6.07) is 7.70. The Hall–Kier alpha value is -1.75. The Bertz CT molecular complexity index is 637. The van der Waals surface area contributed by atoms with Crippen molar-refractivity contribution in [1.29, 1.82) is 0 Å². The fourth-order valence-corrected chi connectivity index (χ4v) is 3.95. The van der Waals surface area contributed by atoms with Crippen LogP contribution in [0, 0.1) is 5.92 Å². The van der Waals surface area contributed by atoms with Crippen LogP contribution in [0.4, 0.5) is 4.79 Å². The van der Waals surface area contributed by atoms with E-state index in [-0.39, 0.29) is 24.5 Å². The molecule has 1 aromatic carbocycles. The van der Waals surface area contributed by atoms with Crippen molar-refractivity contribution in [3.05, 3.63) is 34.9 Å². The van der Waals surface area contributed by atoms with Crippen molar-refractivity contribution in [2.75, 3.05) is 19.6 Å². The molecule has 2 atom stereocenters. The van der Waals surface area contributed by atoms with Crippen LogP contribution in [0.1, 0.15) is 38.2 Å². The van der Waals surface area contributed by atoms with E-state index in [1.807, 2.05) is 24.3 Å². The van der Waals surface area contributed by atoms with Gasteiger partial charge in [-0.15, -0.1) is 0 Å². The lowest BCUT2D eigenvalue weighted by atomic mass is 9.86. The van der Waals surface area contributed by atoms with Gasteiger partial charge >= 0.3 is 6.03 Å². The maximum Gasteiger partial charge on any atom is 0.320 e. The van der Waals surface area contributed by atoms with Crippen LogP contribution in [0.5, 0.6) is 0 Å². The van der Waals surface area contributed by atoms with Crippen LogP contribution in [0.2, 0.25) is 5.02 Å². The number of carbonyl (C=O) groups excluding carboxylic acids is 2. The van der Waals surface area contributed by atoms with E-state index in [9.17, 15) is 9.59 Å². The van der Waals surface area contributed by atoms with Gasteiger partial charge in [0.1, 0.15) is 6.54 Å². The summed E-state index contributed by atoms with van der Waals surface area (Å²) in [5.74, 6) is 0.475. The number of nitrogens with one attached hydrogen (secondary N) is 1. The third-order valence-electron chi connectivity index (χ3n) is 5.24. The van der Waals surface area contributed by atoms with Crippen LogP contribution in [-0.4, -0.2) is 47.4 Å². The van der Waals surface area contributed by atoms with Crippen LogP contribution in [0.15, 0.2) is 24.3 Å². The molecule has 3 amide bonds. The summed E-state index contributed by atoms with van der Waals surface area (Å²) in [6.45, 7) is 4.09. The lowest BCUT2D eigenvalue weighted by molar-refractivity contribution is -0.122. The maximum absolute atomic E-state index is 12.5. The van der Waals surface area contributed by atoms with Gasteiger partial charge in [0.05, 0.1) is 0 Å². The van der Waals surface area contributed by atoms with Crippen molar-refractivity contribution in [3.63, 3.8) is 0 Å². The molecule has 3 rings (SSSR count). The first kappa shape index (κ1) is 18.1. The van der Waals surface area contributed by atoms with E-state index in [0.717, 1.165) is 12.0 Å². The molecule has 1 heterocycles. The summed E-state index contributed by atoms with van der Waals surface area (Å²) in [5, 5.41) is 3.79. The number of carbonyl (C=O) groups is 2. The minimum absolute atomic E-state index is 0.0447. The Kier molecular flexibility index (Phi) is 5.84. The van der Waals surface area contributed by atoms with Crippen LogP contribution >= 0.6 is 11.6 Å². The molecule has 1 aliphatic carbocycles. The number of hydrogen-bond donors (Lipinski definition) is 1. The number of urea groups is 1. The Labute approximate surface area is 154 Å². The quantitative estimate of drug-likeness (QED) is 0.872. The van der Waals surface area contributed by atoms with Crippen molar-refractivity contribution in [1.82, 2.24) is 15.1 Å². The first-order valence-corrected chi connectivity index (χ1v) is 9.48. The third-order valence-corrected chi connectivity index (χ3v) is 5.47. The zero-order valence-corrected chi connectivity index (χ0v) is 15.5. The topological polar surface area (TPSA) is 52.7 Å². The summed E-state index contributed by atoms with van der Waals surface area (Å²) in [7, 11) is 0. The number of halogens is 1. The lowest BCUT2D eigenvalue weighted by Gasteiger charge is -2.30. The summed E-state index contributed by atoms with van der Waals surface area (Å²) in [6.07, 6.45) is 4.63. The average Bonchev–Trinajstić information content (AvgIpc) is 2.90. The fraction of sp³-hybridized carbons (Fsp3) is 0.579. The molecule has 2 fully saturated rings. The molecule has 0 spiro atoms. The van der Waals surface area contributed by atoms with E-state index in [4.69, 9.17) is 11.6 Å². The van der Waals surface area contributed by atoms with Crippen molar-refractivity contribution in [2.45, 2.75) is 45.2 Å². The van der Waals surface area contributed by atoms with Gasteiger partial charge in [-0.2, -0.15) is 0 Å². The fourth-order valence-electron chi connectivity index (χ4n) is 3.74. The maximum atomic E-state index is 12.5. The highest BCUT2D eigenvalue weighted by Gasteiger charge is 2.31. The van der Waals surface area contributed by atoms with Crippen molar-refractivity contribution >= 4 is 23.5 Å². The first-order valence-electron chi connectivity index (χ1n) is 9.10. The van der Waals surface area contributed by atoms with E-state index >= 15 is 0 Å². The Morgan fingerprint density at radius 2 is 2.00 bits per heavy atom. The molecule has 1 aliphatic heterocycles. The van der Waals surface area contributed by atoms with Crippen LogP contribution < -0.4 is 5.32 Å². The first-order chi connectivity index (χ1) is 12.0. The normalized spacial score (nSPS) is 23.8. The lowest BCUT2D eigenvalue weighted by Crippen LogP contribution is -2.46. The van der Waals surface area contributed by atoms with Crippen molar-refractivity contribution in [3.8, 4) is 0 Å². The molecule has 6 heteroatoms. The Balaban J connectivity index is 1.50. The average molecular weight is 364 g/mol. The molecule has 1 saturated carbocycles. The van der Waals surface area contributed by atoms with Gasteiger partial charge in [-0.1, -0.05) is 43.5 Å². The highest BCUT2D eigenvalue weighted by Crippen LogP contribution is 2.23. The second-order valence-corrected chi connectivity index (χ2v) is 7.63. The number of amides is 3. The summed E-state index contributed by atoms with van der Waals surface area (Å²) in [5.41, 5.74) is 1.00. The zero-order chi connectivity index (χ0) is 17.8. The second kappa shape index (κ2) is 8.09. The van der Waals surface area contributed by atoms with Gasteiger partial charge in [-0.25, -0.2) is 4.79 Å². The van der Waals surface area contributed by atoms with E-state index in [1.54, 1.807) is 9.80 Å². The number of rotatable bonds is 5. The van der Waals surface area contributed by atoms with Gasteiger partial charge in [0.25, 0.3) is 0 Å². The number of benzene rings is 1. The highest BCUT2D eigenvalue weighted by atomic mass is 35.5. The van der Waals surface area contributed by atoms with Gasteiger partial charge in [0.15, 0.2) is 0 Å². The molecule has 1 aromatic rings. The van der Waals surface area contributed by atoms with E-state index in [0.29, 0.717) is 30.6 Å². The summed E-state index contributed by atoms with van der Waals surface area (Å²) < 4.78 is 0. The van der Waals surface area contributed by atoms with Gasteiger partial charge in [-0.05, 0) is 36.5 Å². The van der Waals surface area contributed by atoms with E-state index < -0.39 is 0 Å². The molecular weight excluding hydrogens is 338 g/mol. The number of nitrogens with zero attached hydrogens (tertiary/aromatic N) is 2. The molecule has 2 aliphatic rings. The third kappa shape index (κ3) is 4.66. The van der Waals surface area contributed by atoms with Crippen LogP contribution in [0.25, 0.3) is 0 Å². The van der Waals surface area contributed by atoms with Crippen LogP contribution in [0.3, 0.4) is 0 Å². The molecule has 25 heavy (non-hydrogen) atoms.